The molecule has 15 heavy (non-hydrogen) atoms. The largest absolute Gasteiger partial charge is 0.383 e. The molecule has 0 bridgehead atoms. The predicted octanol–water partition coefficient (Wildman–Crippen LogP) is 1.48. The molecular formula is C12H26N2O. The lowest BCUT2D eigenvalue weighted by atomic mass is 10.1. The van der Waals surface area contributed by atoms with Crippen LogP contribution in [-0.2, 0) is 4.74 Å². The molecule has 0 aromatic rings. The summed E-state index contributed by atoms with van der Waals surface area (Å²) in [5, 5.41) is 3.50. The summed E-state index contributed by atoms with van der Waals surface area (Å²) in [5.41, 5.74) is 0. The van der Waals surface area contributed by atoms with Crippen molar-refractivity contribution in [2.75, 3.05) is 26.8 Å². The molecule has 90 valence electrons. The van der Waals surface area contributed by atoms with Crippen LogP contribution in [0, 0.1) is 0 Å². The molecule has 0 amide bonds. The number of ether oxygens (including phenoxy) is 1. The van der Waals surface area contributed by atoms with E-state index in [4.69, 9.17) is 4.74 Å². The van der Waals surface area contributed by atoms with Crippen molar-refractivity contribution in [3.63, 3.8) is 0 Å². The number of nitrogens with zero attached hydrogens (tertiary/aromatic N) is 1. The van der Waals surface area contributed by atoms with Crippen molar-refractivity contribution < 1.29 is 4.74 Å². The highest BCUT2D eigenvalue weighted by Gasteiger charge is 2.33. The molecule has 3 nitrogen and oxygen atoms in total. The van der Waals surface area contributed by atoms with Gasteiger partial charge in [-0.2, -0.15) is 0 Å². The van der Waals surface area contributed by atoms with Crippen molar-refractivity contribution >= 4 is 0 Å². The molecule has 1 saturated carbocycles. The number of methoxy groups -OCH3 is 1. The molecule has 0 aromatic carbocycles. The number of likely N-dealkylation sites (N-methyl/N-ethyl adjacent to an activating group) is 1. The fourth-order valence-corrected chi connectivity index (χ4v) is 2.10. The van der Waals surface area contributed by atoms with Gasteiger partial charge in [-0.3, -0.25) is 4.90 Å². The Labute approximate surface area is 94.2 Å². The van der Waals surface area contributed by atoms with Gasteiger partial charge in [0.2, 0.25) is 0 Å². The van der Waals surface area contributed by atoms with E-state index in [1.54, 1.807) is 7.11 Å². The van der Waals surface area contributed by atoms with E-state index >= 15 is 0 Å². The molecule has 0 spiro atoms. The van der Waals surface area contributed by atoms with Gasteiger partial charge in [-0.15, -0.1) is 0 Å². The van der Waals surface area contributed by atoms with Gasteiger partial charge in [-0.25, -0.2) is 0 Å². The maximum atomic E-state index is 5.18. The van der Waals surface area contributed by atoms with Crippen LogP contribution in [0.3, 0.4) is 0 Å². The second-order valence-corrected chi connectivity index (χ2v) is 4.55. The molecule has 2 atom stereocenters. The summed E-state index contributed by atoms with van der Waals surface area (Å²) >= 11 is 0. The maximum absolute atomic E-state index is 5.18. The third-order valence-corrected chi connectivity index (χ3v) is 3.34. The van der Waals surface area contributed by atoms with Crippen molar-refractivity contribution in [1.29, 1.82) is 0 Å². The van der Waals surface area contributed by atoms with E-state index < -0.39 is 0 Å². The van der Waals surface area contributed by atoms with E-state index in [1.165, 1.54) is 12.8 Å². The zero-order valence-corrected chi connectivity index (χ0v) is 10.6. The Morgan fingerprint density at radius 3 is 2.53 bits per heavy atom. The summed E-state index contributed by atoms with van der Waals surface area (Å²) in [4.78, 5) is 2.59. The van der Waals surface area contributed by atoms with Crippen molar-refractivity contribution in [3.8, 4) is 0 Å². The molecule has 2 unspecified atom stereocenters. The molecule has 0 aromatic heterocycles. The fourth-order valence-electron chi connectivity index (χ4n) is 2.10. The molecule has 0 aliphatic heterocycles. The summed E-state index contributed by atoms with van der Waals surface area (Å²) in [5.74, 6) is 0. The molecular weight excluding hydrogens is 188 g/mol. The number of rotatable bonds is 8. The zero-order valence-electron chi connectivity index (χ0n) is 10.6. The first-order chi connectivity index (χ1) is 7.20. The van der Waals surface area contributed by atoms with Gasteiger partial charge in [-0.1, -0.05) is 6.92 Å². The molecule has 3 heteroatoms. The number of nitrogens with one attached hydrogen (secondary N) is 1. The van der Waals surface area contributed by atoms with E-state index in [0.717, 1.165) is 25.7 Å². The predicted molar refractivity (Wildman–Crippen MR) is 64.2 cm³/mol. The van der Waals surface area contributed by atoms with Crippen LogP contribution in [0.4, 0.5) is 0 Å². The van der Waals surface area contributed by atoms with Gasteiger partial charge in [0.1, 0.15) is 0 Å². The van der Waals surface area contributed by atoms with Gasteiger partial charge in [0.05, 0.1) is 6.61 Å². The lowest BCUT2D eigenvalue weighted by Crippen LogP contribution is -2.48. The summed E-state index contributed by atoms with van der Waals surface area (Å²) in [6, 6.07) is 1.98. The molecule has 0 saturated heterocycles. The van der Waals surface area contributed by atoms with Crippen LogP contribution in [0.2, 0.25) is 0 Å². The summed E-state index contributed by atoms with van der Waals surface area (Å²) in [6.45, 7) is 9.73. The van der Waals surface area contributed by atoms with Gasteiger partial charge in [0.15, 0.2) is 0 Å². The minimum Gasteiger partial charge on any atom is -0.383 e. The lowest BCUT2D eigenvalue weighted by Gasteiger charge is -2.33. The molecule has 1 aliphatic carbocycles. The highest BCUT2D eigenvalue weighted by atomic mass is 16.5. The van der Waals surface area contributed by atoms with E-state index in [9.17, 15) is 0 Å². The highest BCUT2D eigenvalue weighted by molar-refractivity contribution is 4.90. The van der Waals surface area contributed by atoms with E-state index in [1.807, 2.05) is 0 Å². The SMILES string of the molecule is CCNC(C)C(C)N(CCOC)C1CC1. The van der Waals surface area contributed by atoms with Crippen molar-refractivity contribution in [1.82, 2.24) is 10.2 Å². The Morgan fingerprint density at radius 1 is 1.40 bits per heavy atom. The smallest absolute Gasteiger partial charge is 0.0589 e. The Bertz CT molecular complexity index is 171. The minimum absolute atomic E-state index is 0.562. The number of hydrogen-bond acceptors (Lipinski definition) is 3. The minimum atomic E-state index is 0.562. The quantitative estimate of drug-likeness (QED) is 0.662. The zero-order chi connectivity index (χ0) is 11.3. The fraction of sp³-hybridized carbons (Fsp3) is 1.00. The highest BCUT2D eigenvalue weighted by Crippen LogP contribution is 2.29. The first kappa shape index (κ1) is 12.9. The van der Waals surface area contributed by atoms with Gasteiger partial charge in [-0.05, 0) is 33.2 Å². The normalized spacial score (nSPS) is 20.6. The Kier molecular flexibility index (Phi) is 5.58. The van der Waals surface area contributed by atoms with Crippen LogP contribution in [0.1, 0.15) is 33.6 Å². The van der Waals surface area contributed by atoms with Gasteiger partial charge >= 0.3 is 0 Å². The average Bonchev–Trinajstić information content (AvgIpc) is 3.02. The third-order valence-electron chi connectivity index (χ3n) is 3.34. The first-order valence-corrected chi connectivity index (χ1v) is 6.18. The second kappa shape index (κ2) is 6.46. The third kappa shape index (κ3) is 4.09. The van der Waals surface area contributed by atoms with Crippen molar-refractivity contribution in [2.24, 2.45) is 0 Å². The van der Waals surface area contributed by atoms with Gasteiger partial charge < -0.3 is 10.1 Å². The molecule has 1 rings (SSSR count). The Balaban J connectivity index is 2.39. The topological polar surface area (TPSA) is 24.5 Å². The molecule has 1 N–H and O–H groups in total. The van der Waals surface area contributed by atoms with E-state index in [-0.39, 0.29) is 0 Å². The summed E-state index contributed by atoms with van der Waals surface area (Å²) < 4.78 is 5.18. The van der Waals surface area contributed by atoms with Crippen LogP contribution < -0.4 is 5.32 Å². The molecule has 0 radical (unpaired) electrons. The standard InChI is InChI=1S/C12H26N2O/c1-5-13-10(2)11(3)14(8-9-15-4)12-6-7-12/h10-13H,5-9H2,1-4H3. The van der Waals surface area contributed by atoms with E-state index in [0.29, 0.717) is 12.1 Å². The van der Waals surface area contributed by atoms with Crippen molar-refractivity contribution in [2.45, 2.75) is 51.7 Å². The second-order valence-electron chi connectivity index (χ2n) is 4.55. The van der Waals surface area contributed by atoms with Gasteiger partial charge in [0.25, 0.3) is 0 Å². The van der Waals surface area contributed by atoms with Gasteiger partial charge in [0, 0.05) is 31.8 Å². The molecule has 1 aliphatic rings. The first-order valence-electron chi connectivity index (χ1n) is 6.18. The average molecular weight is 214 g/mol. The Morgan fingerprint density at radius 2 is 2.07 bits per heavy atom. The summed E-state index contributed by atoms with van der Waals surface area (Å²) in [6.07, 6.45) is 2.74. The lowest BCUT2D eigenvalue weighted by molar-refractivity contribution is 0.106. The van der Waals surface area contributed by atoms with Crippen molar-refractivity contribution in [3.05, 3.63) is 0 Å². The molecule has 1 fully saturated rings. The van der Waals surface area contributed by atoms with Crippen LogP contribution in [0.5, 0.6) is 0 Å². The van der Waals surface area contributed by atoms with Crippen LogP contribution in [0.15, 0.2) is 0 Å². The maximum Gasteiger partial charge on any atom is 0.0589 e. The molecule has 0 heterocycles. The Hall–Kier alpha value is -0.120. The number of hydrogen-bond donors (Lipinski definition) is 1. The van der Waals surface area contributed by atoms with Crippen LogP contribution >= 0.6 is 0 Å². The van der Waals surface area contributed by atoms with Crippen LogP contribution in [-0.4, -0.2) is 49.8 Å². The monoisotopic (exact) mass is 214 g/mol. The summed E-state index contributed by atoms with van der Waals surface area (Å²) in [7, 11) is 1.78. The van der Waals surface area contributed by atoms with Crippen LogP contribution in [0.25, 0.3) is 0 Å². The van der Waals surface area contributed by atoms with E-state index in [2.05, 4.69) is 31.0 Å².